The number of nitrogens with one attached hydrogen (secondary N) is 1. The van der Waals surface area contributed by atoms with Gasteiger partial charge in [-0.25, -0.2) is 4.79 Å². The number of ether oxygens (including phenoxy) is 1. The van der Waals surface area contributed by atoms with Crippen LogP contribution < -0.4 is 5.32 Å². The Labute approximate surface area is 206 Å². The highest BCUT2D eigenvalue weighted by atomic mass is 16.5. The normalized spacial score (nSPS) is 13.1. The first-order valence-electron chi connectivity index (χ1n) is 12.1. The number of hydrogen-bond acceptors (Lipinski definition) is 5. The molecule has 2 aromatic rings. The fourth-order valence-electron chi connectivity index (χ4n) is 4.56. The highest BCUT2D eigenvalue weighted by Crippen LogP contribution is 2.44. The predicted octanol–water partition coefficient (Wildman–Crippen LogP) is 3.56. The minimum absolute atomic E-state index is 0.0578. The molecule has 1 aliphatic carbocycles. The molecule has 1 unspecified atom stereocenters. The molecule has 1 atom stereocenters. The van der Waals surface area contributed by atoms with Gasteiger partial charge in [0.2, 0.25) is 5.91 Å². The van der Waals surface area contributed by atoms with Crippen LogP contribution in [0, 0.1) is 0 Å². The Hall–Kier alpha value is -3.39. The van der Waals surface area contributed by atoms with Crippen molar-refractivity contribution in [2.75, 3.05) is 40.3 Å². The number of unbranched alkanes of at least 4 members (excludes halogenated alkanes) is 1. The molecule has 188 valence electrons. The Kier molecular flexibility index (Phi) is 9.25. The summed E-state index contributed by atoms with van der Waals surface area (Å²) in [7, 11) is 3.67. The summed E-state index contributed by atoms with van der Waals surface area (Å²) < 4.78 is 5.64. The molecule has 0 aliphatic heterocycles. The molecule has 0 aromatic heterocycles. The number of benzene rings is 2. The molecule has 0 radical (unpaired) electrons. The van der Waals surface area contributed by atoms with Crippen molar-refractivity contribution < 1.29 is 24.2 Å². The number of hydrogen-bond donors (Lipinski definition) is 2. The minimum Gasteiger partial charge on any atom is -0.481 e. The highest BCUT2D eigenvalue weighted by molar-refractivity contribution is 5.86. The highest BCUT2D eigenvalue weighted by Gasteiger charge is 2.30. The Morgan fingerprint density at radius 1 is 1.00 bits per heavy atom. The fraction of sp³-hybridized carbons (Fsp3) is 0.444. The summed E-state index contributed by atoms with van der Waals surface area (Å²) in [5.41, 5.74) is 4.56. The average Bonchev–Trinajstić information content (AvgIpc) is 3.15. The van der Waals surface area contributed by atoms with Crippen molar-refractivity contribution in [3.63, 3.8) is 0 Å². The third-order valence-electron chi connectivity index (χ3n) is 6.24. The molecule has 0 fully saturated rings. The van der Waals surface area contributed by atoms with Crippen LogP contribution in [0.1, 0.15) is 43.2 Å². The van der Waals surface area contributed by atoms with Gasteiger partial charge < -0.3 is 25.0 Å². The van der Waals surface area contributed by atoms with E-state index in [9.17, 15) is 14.4 Å². The summed E-state index contributed by atoms with van der Waals surface area (Å²) in [5, 5.41) is 11.6. The Bertz CT molecular complexity index is 993. The summed E-state index contributed by atoms with van der Waals surface area (Å²) in [4.78, 5) is 40.2. The van der Waals surface area contributed by atoms with E-state index in [0.717, 1.165) is 22.3 Å². The summed E-state index contributed by atoms with van der Waals surface area (Å²) in [6, 6.07) is 15.5. The number of carbonyl (C=O) groups excluding carboxylic acids is 2. The lowest BCUT2D eigenvalue weighted by Gasteiger charge is -2.28. The molecule has 0 saturated heterocycles. The molecular weight excluding hydrogens is 446 g/mol. The smallest absolute Gasteiger partial charge is 0.407 e. The van der Waals surface area contributed by atoms with E-state index in [1.165, 1.54) is 0 Å². The molecule has 0 heterocycles. The quantitative estimate of drug-likeness (QED) is 0.450. The van der Waals surface area contributed by atoms with Gasteiger partial charge in [-0.3, -0.25) is 9.59 Å². The lowest BCUT2D eigenvalue weighted by atomic mass is 9.98. The third-order valence-corrected chi connectivity index (χ3v) is 6.24. The van der Waals surface area contributed by atoms with Crippen LogP contribution in [0.3, 0.4) is 0 Å². The van der Waals surface area contributed by atoms with Gasteiger partial charge in [-0.05, 0) is 56.1 Å². The van der Waals surface area contributed by atoms with E-state index in [-0.39, 0.29) is 24.9 Å². The number of carbonyl (C=O) groups is 3. The molecule has 2 amide bonds. The molecule has 8 heteroatoms. The van der Waals surface area contributed by atoms with Crippen molar-refractivity contribution in [1.29, 1.82) is 0 Å². The molecular formula is C27H35N3O5. The van der Waals surface area contributed by atoms with Crippen LogP contribution in [0.4, 0.5) is 4.79 Å². The van der Waals surface area contributed by atoms with Crippen LogP contribution in [0.2, 0.25) is 0 Å². The van der Waals surface area contributed by atoms with Crippen LogP contribution in [0.25, 0.3) is 11.1 Å². The lowest BCUT2D eigenvalue weighted by molar-refractivity contribution is -0.137. The second-order valence-electron chi connectivity index (χ2n) is 9.05. The van der Waals surface area contributed by atoms with Crippen LogP contribution in [0.5, 0.6) is 0 Å². The summed E-state index contributed by atoms with van der Waals surface area (Å²) in [6.07, 6.45) is 0.530. The number of rotatable bonds is 12. The van der Waals surface area contributed by atoms with Gasteiger partial charge in [0.15, 0.2) is 0 Å². The van der Waals surface area contributed by atoms with Crippen LogP contribution in [0.15, 0.2) is 48.5 Å². The zero-order valence-electron chi connectivity index (χ0n) is 20.7. The van der Waals surface area contributed by atoms with Gasteiger partial charge in [0, 0.05) is 32.0 Å². The van der Waals surface area contributed by atoms with E-state index in [0.29, 0.717) is 32.5 Å². The number of alkyl carbamates (subject to hydrolysis) is 1. The summed E-state index contributed by atoms with van der Waals surface area (Å²) in [6.45, 7) is 3.29. The van der Waals surface area contributed by atoms with Crippen LogP contribution in [-0.2, 0) is 14.3 Å². The van der Waals surface area contributed by atoms with Gasteiger partial charge in [-0.15, -0.1) is 0 Å². The largest absolute Gasteiger partial charge is 0.481 e. The number of fused-ring (bicyclic) bond motifs is 3. The molecule has 0 saturated carbocycles. The molecule has 3 rings (SSSR count). The van der Waals surface area contributed by atoms with Gasteiger partial charge in [0.1, 0.15) is 12.6 Å². The monoisotopic (exact) mass is 481 g/mol. The van der Waals surface area contributed by atoms with E-state index in [4.69, 9.17) is 9.84 Å². The van der Waals surface area contributed by atoms with Crippen molar-refractivity contribution in [2.45, 2.75) is 38.1 Å². The molecule has 2 N–H and O–H groups in total. The number of carboxylic acids is 1. The minimum atomic E-state index is -0.846. The summed E-state index contributed by atoms with van der Waals surface area (Å²) in [5.74, 6) is -1.11. The second kappa shape index (κ2) is 12.4. The lowest BCUT2D eigenvalue weighted by Crippen LogP contribution is -2.53. The number of carboxylic acid groups (broad SMARTS) is 1. The first-order valence-corrected chi connectivity index (χ1v) is 12.1. The predicted molar refractivity (Wildman–Crippen MR) is 134 cm³/mol. The zero-order valence-corrected chi connectivity index (χ0v) is 20.7. The molecule has 2 aromatic carbocycles. The van der Waals surface area contributed by atoms with Gasteiger partial charge in [-0.2, -0.15) is 0 Å². The Morgan fingerprint density at radius 2 is 1.60 bits per heavy atom. The Morgan fingerprint density at radius 3 is 2.14 bits per heavy atom. The van der Waals surface area contributed by atoms with Gasteiger partial charge in [-0.1, -0.05) is 48.5 Å². The first-order chi connectivity index (χ1) is 16.8. The van der Waals surface area contributed by atoms with Gasteiger partial charge >= 0.3 is 12.1 Å². The van der Waals surface area contributed by atoms with E-state index in [1.807, 2.05) is 50.2 Å². The topological polar surface area (TPSA) is 99.2 Å². The second-order valence-corrected chi connectivity index (χ2v) is 9.05. The molecule has 35 heavy (non-hydrogen) atoms. The van der Waals surface area contributed by atoms with Gasteiger partial charge in [0.05, 0.1) is 0 Å². The molecule has 0 spiro atoms. The average molecular weight is 482 g/mol. The van der Waals surface area contributed by atoms with Gasteiger partial charge in [0.25, 0.3) is 0 Å². The molecule has 8 nitrogen and oxygen atoms in total. The van der Waals surface area contributed by atoms with Crippen LogP contribution in [-0.4, -0.2) is 79.3 Å². The van der Waals surface area contributed by atoms with Crippen molar-refractivity contribution in [1.82, 2.24) is 15.1 Å². The summed E-state index contributed by atoms with van der Waals surface area (Å²) >= 11 is 0. The standard InChI is InChI=1S/C27H35N3O5/c1-4-30(16-10-9-15-25(31)32)26(33)24(17-29(2)3)28-27(34)35-18-23-21-13-7-5-11-19(21)20-12-6-8-14-22(20)23/h5-8,11-14,23-24H,4,9-10,15-18H2,1-3H3,(H,28,34)(H,31,32). The van der Waals surface area contributed by atoms with E-state index in [1.54, 1.807) is 4.90 Å². The van der Waals surface area contributed by atoms with E-state index < -0.39 is 18.1 Å². The van der Waals surface area contributed by atoms with Crippen LogP contribution >= 0.6 is 0 Å². The number of likely N-dealkylation sites (N-methyl/N-ethyl adjacent to an activating group) is 2. The van der Waals surface area contributed by atoms with Crippen molar-refractivity contribution in [3.8, 4) is 11.1 Å². The maximum Gasteiger partial charge on any atom is 0.407 e. The van der Waals surface area contributed by atoms with Crippen molar-refractivity contribution >= 4 is 18.0 Å². The Balaban J connectivity index is 1.62. The SMILES string of the molecule is CCN(CCCCC(=O)O)C(=O)C(CN(C)C)NC(=O)OCC1c2ccccc2-c2ccccc21. The number of aliphatic carboxylic acids is 1. The van der Waals surface area contributed by atoms with Crippen molar-refractivity contribution in [2.24, 2.45) is 0 Å². The molecule has 0 bridgehead atoms. The molecule has 1 aliphatic rings. The number of amides is 2. The third kappa shape index (κ3) is 6.82. The first kappa shape index (κ1) is 26.2. The maximum atomic E-state index is 13.2. The maximum absolute atomic E-state index is 13.2. The fourth-order valence-corrected chi connectivity index (χ4v) is 4.56. The zero-order chi connectivity index (χ0) is 25.4. The van der Waals surface area contributed by atoms with E-state index >= 15 is 0 Å². The number of nitrogens with zero attached hydrogens (tertiary/aromatic N) is 2. The van der Waals surface area contributed by atoms with E-state index in [2.05, 4.69) is 29.6 Å². The van der Waals surface area contributed by atoms with Crippen molar-refractivity contribution in [3.05, 3.63) is 59.7 Å².